The lowest BCUT2D eigenvalue weighted by atomic mass is 10.1. The van der Waals surface area contributed by atoms with Gasteiger partial charge in [-0.15, -0.1) is 0 Å². The van der Waals surface area contributed by atoms with Gasteiger partial charge in [0.15, 0.2) is 5.78 Å². The second-order valence-corrected chi connectivity index (χ2v) is 3.44. The van der Waals surface area contributed by atoms with Crippen LogP contribution in [0, 0.1) is 12.7 Å². The molecule has 12 heavy (non-hydrogen) atoms. The Morgan fingerprint density at radius 1 is 1.50 bits per heavy atom. The van der Waals surface area contributed by atoms with Crippen LogP contribution in [0.2, 0.25) is 0 Å². The minimum Gasteiger partial charge on any atom is -0.295 e. The Labute approximate surface area is 78.7 Å². The lowest BCUT2D eigenvalue weighted by Crippen LogP contribution is -1.95. The molecule has 1 nitrogen and oxygen atoms in total. The molecule has 0 radical (unpaired) electrons. The summed E-state index contributed by atoms with van der Waals surface area (Å²) in [5.41, 5.74) is 1.15. The van der Waals surface area contributed by atoms with Crippen LogP contribution in [-0.2, 0) is 0 Å². The Morgan fingerprint density at radius 3 is 2.50 bits per heavy atom. The Balaban J connectivity index is 3.31. The number of rotatable bonds is 1. The molecule has 1 aromatic carbocycles. The first-order valence-corrected chi connectivity index (χ1v) is 4.28. The van der Waals surface area contributed by atoms with Crippen molar-refractivity contribution in [3.8, 4) is 0 Å². The summed E-state index contributed by atoms with van der Waals surface area (Å²) < 4.78 is 13.4. The van der Waals surface area contributed by atoms with E-state index in [1.165, 1.54) is 13.0 Å². The Bertz CT molecular complexity index is 310. The van der Waals surface area contributed by atoms with Crippen LogP contribution in [0.25, 0.3) is 0 Å². The van der Waals surface area contributed by atoms with Crippen LogP contribution in [0.15, 0.2) is 16.6 Å². The van der Waals surface area contributed by atoms with Gasteiger partial charge in [-0.3, -0.25) is 4.79 Å². The summed E-state index contributed by atoms with van der Waals surface area (Å²) in [7, 11) is 0. The minimum absolute atomic E-state index is 0.121. The van der Waals surface area contributed by atoms with Crippen molar-refractivity contribution >= 4 is 21.7 Å². The van der Waals surface area contributed by atoms with Gasteiger partial charge in [-0.2, -0.15) is 0 Å². The smallest absolute Gasteiger partial charge is 0.159 e. The summed E-state index contributed by atoms with van der Waals surface area (Å²) in [4.78, 5) is 10.9. The van der Waals surface area contributed by atoms with E-state index < -0.39 is 0 Å². The third kappa shape index (κ3) is 1.72. The average Bonchev–Trinajstić information content (AvgIpc) is 1.99. The quantitative estimate of drug-likeness (QED) is 0.678. The first kappa shape index (κ1) is 9.39. The maximum absolute atomic E-state index is 13.0. The van der Waals surface area contributed by atoms with Gasteiger partial charge in [0.1, 0.15) is 5.82 Å². The summed E-state index contributed by atoms with van der Waals surface area (Å²) >= 11 is 3.08. The van der Waals surface area contributed by atoms with E-state index >= 15 is 0 Å². The molecule has 3 heteroatoms. The zero-order valence-electron chi connectivity index (χ0n) is 6.82. The van der Waals surface area contributed by atoms with Gasteiger partial charge in [-0.1, -0.05) is 0 Å². The fourth-order valence-corrected chi connectivity index (χ4v) is 1.16. The van der Waals surface area contributed by atoms with Crippen molar-refractivity contribution in [2.75, 3.05) is 0 Å². The standard InChI is InChI=1S/C9H8BrFO/c1-5-3-7(6(2)12)4-8(11)9(5)10/h3-4H,1-2H3. The van der Waals surface area contributed by atoms with Crippen LogP contribution >= 0.6 is 15.9 Å². The van der Waals surface area contributed by atoms with Crippen molar-refractivity contribution in [2.45, 2.75) is 13.8 Å². The second kappa shape index (κ2) is 3.35. The molecule has 0 spiro atoms. The van der Waals surface area contributed by atoms with E-state index in [9.17, 15) is 9.18 Å². The number of hydrogen-bond acceptors (Lipinski definition) is 1. The average molecular weight is 231 g/mol. The summed E-state index contributed by atoms with van der Waals surface area (Å²) in [6.45, 7) is 3.17. The van der Waals surface area contributed by atoms with Gasteiger partial charge >= 0.3 is 0 Å². The largest absolute Gasteiger partial charge is 0.295 e. The highest BCUT2D eigenvalue weighted by atomic mass is 79.9. The third-order valence-electron chi connectivity index (χ3n) is 1.62. The number of aryl methyl sites for hydroxylation is 1. The first-order chi connectivity index (χ1) is 5.52. The van der Waals surface area contributed by atoms with E-state index in [0.29, 0.717) is 10.0 Å². The number of ketones is 1. The van der Waals surface area contributed by atoms with Gasteiger partial charge in [-0.25, -0.2) is 4.39 Å². The highest BCUT2D eigenvalue weighted by Crippen LogP contribution is 2.21. The van der Waals surface area contributed by atoms with Crippen LogP contribution in [0.1, 0.15) is 22.8 Å². The highest BCUT2D eigenvalue weighted by molar-refractivity contribution is 9.10. The lowest BCUT2D eigenvalue weighted by molar-refractivity contribution is 0.101. The van der Waals surface area contributed by atoms with Gasteiger partial charge in [0.2, 0.25) is 0 Å². The van der Waals surface area contributed by atoms with Crippen molar-refractivity contribution in [3.63, 3.8) is 0 Å². The summed E-state index contributed by atoms with van der Waals surface area (Å²) in [6.07, 6.45) is 0. The molecule has 0 bridgehead atoms. The molecule has 0 saturated carbocycles. The molecule has 1 aromatic rings. The normalized spacial score (nSPS) is 10.0. The molecule has 0 aliphatic carbocycles. The molecule has 0 aromatic heterocycles. The molecular formula is C9H8BrFO. The van der Waals surface area contributed by atoms with Crippen molar-refractivity contribution in [3.05, 3.63) is 33.5 Å². The maximum Gasteiger partial charge on any atom is 0.159 e. The second-order valence-electron chi connectivity index (χ2n) is 2.65. The predicted octanol–water partition coefficient (Wildman–Crippen LogP) is 3.10. The van der Waals surface area contributed by atoms with Gasteiger partial charge in [0.25, 0.3) is 0 Å². The van der Waals surface area contributed by atoms with Gasteiger partial charge in [0, 0.05) is 5.56 Å². The minimum atomic E-state index is -0.389. The molecule has 0 N–H and O–H groups in total. The lowest BCUT2D eigenvalue weighted by Gasteiger charge is -2.02. The van der Waals surface area contributed by atoms with Crippen molar-refractivity contribution in [1.82, 2.24) is 0 Å². The summed E-state index contributed by atoms with van der Waals surface area (Å²) in [6, 6.07) is 2.90. The third-order valence-corrected chi connectivity index (χ3v) is 2.62. The molecule has 1 rings (SSSR count). The van der Waals surface area contributed by atoms with Gasteiger partial charge in [-0.05, 0) is 47.5 Å². The van der Waals surface area contributed by atoms with E-state index in [2.05, 4.69) is 15.9 Å². The Morgan fingerprint density at radius 2 is 2.08 bits per heavy atom. The fraction of sp³-hybridized carbons (Fsp3) is 0.222. The number of halogens is 2. The van der Waals surface area contributed by atoms with E-state index in [-0.39, 0.29) is 11.6 Å². The monoisotopic (exact) mass is 230 g/mol. The predicted molar refractivity (Wildman–Crippen MR) is 48.8 cm³/mol. The van der Waals surface area contributed by atoms with Crippen LogP contribution in [0.5, 0.6) is 0 Å². The van der Waals surface area contributed by atoms with Crippen LogP contribution in [-0.4, -0.2) is 5.78 Å². The molecule has 0 aliphatic heterocycles. The molecule has 0 saturated heterocycles. The summed E-state index contributed by atoms with van der Waals surface area (Å²) in [5, 5.41) is 0. The molecular weight excluding hydrogens is 223 g/mol. The number of carbonyl (C=O) groups is 1. The van der Waals surface area contributed by atoms with Crippen molar-refractivity contribution in [1.29, 1.82) is 0 Å². The van der Waals surface area contributed by atoms with Crippen LogP contribution in [0.4, 0.5) is 4.39 Å². The van der Waals surface area contributed by atoms with E-state index in [0.717, 1.165) is 5.56 Å². The molecule has 0 atom stereocenters. The van der Waals surface area contributed by atoms with E-state index in [1.54, 1.807) is 13.0 Å². The van der Waals surface area contributed by atoms with Crippen LogP contribution < -0.4 is 0 Å². The first-order valence-electron chi connectivity index (χ1n) is 3.49. The van der Waals surface area contributed by atoms with Crippen molar-refractivity contribution < 1.29 is 9.18 Å². The number of Topliss-reactive ketones (excluding diaryl/α,β-unsaturated/α-hetero) is 1. The molecule has 0 aliphatic rings. The van der Waals surface area contributed by atoms with Gasteiger partial charge < -0.3 is 0 Å². The molecule has 64 valence electrons. The Hall–Kier alpha value is -0.700. The zero-order valence-corrected chi connectivity index (χ0v) is 8.40. The van der Waals surface area contributed by atoms with Gasteiger partial charge in [0.05, 0.1) is 4.47 Å². The van der Waals surface area contributed by atoms with E-state index in [1.807, 2.05) is 0 Å². The summed E-state index contributed by atoms with van der Waals surface area (Å²) in [5.74, 6) is -0.510. The zero-order chi connectivity index (χ0) is 9.30. The fourth-order valence-electron chi connectivity index (χ4n) is 0.930. The number of hydrogen-bond donors (Lipinski definition) is 0. The molecule has 0 unspecified atom stereocenters. The molecule has 0 amide bonds. The van der Waals surface area contributed by atoms with E-state index in [4.69, 9.17) is 0 Å². The number of carbonyl (C=O) groups excluding carboxylic acids is 1. The number of benzene rings is 1. The highest BCUT2D eigenvalue weighted by Gasteiger charge is 2.07. The van der Waals surface area contributed by atoms with Crippen LogP contribution in [0.3, 0.4) is 0 Å². The van der Waals surface area contributed by atoms with Crippen molar-refractivity contribution in [2.24, 2.45) is 0 Å². The topological polar surface area (TPSA) is 17.1 Å². The Kier molecular flexibility index (Phi) is 2.62. The SMILES string of the molecule is CC(=O)c1cc(C)c(Br)c(F)c1. The molecule has 0 fully saturated rings. The maximum atomic E-state index is 13.0. The molecule has 0 heterocycles.